The number of aliphatic carboxylic acids is 1. The number of alkyl halides is 3. The molecule has 0 bridgehead atoms. The summed E-state index contributed by atoms with van der Waals surface area (Å²) >= 11 is 0. The van der Waals surface area contributed by atoms with Crippen LogP contribution in [0.25, 0.3) is 11.0 Å². The van der Waals surface area contributed by atoms with Gasteiger partial charge in [-0.15, -0.1) is 0 Å². The smallest absolute Gasteiger partial charge is 0.475 e. The van der Waals surface area contributed by atoms with Crippen molar-refractivity contribution in [2.75, 3.05) is 38.0 Å². The number of likely N-dealkylation sites (N-methyl/N-ethyl adjacent to an activating group) is 1. The van der Waals surface area contributed by atoms with E-state index in [1.54, 1.807) is 10.9 Å². The highest BCUT2D eigenvalue weighted by atomic mass is 19.4. The van der Waals surface area contributed by atoms with Crippen LogP contribution in [0.5, 0.6) is 0 Å². The first-order chi connectivity index (χ1) is 16.1. The number of anilines is 2. The lowest BCUT2D eigenvalue weighted by atomic mass is 10.1. The van der Waals surface area contributed by atoms with Crippen molar-refractivity contribution in [2.45, 2.75) is 13.1 Å². The van der Waals surface area contributed by atoms with Crippen molar-refractivity contribution in [3.8, 4) is 0 Å². The summed E-state index contributed by atoms with van der Waals surface area (Å²) < 4.78 is 33.4. The number of hydrogen-bond donors (Lipinski definition) is 2. The molecule has 0 spiro atoms. The number of aryl methyl sites for hydroxylation is 1. The van der Waals surface area contributed by atoms with Crippen LogP contribution in [0.15, 0.2) is 36.8 Å². The van der Waals surface area contributed by atoms with Gasteiger partial charge in [0.15, 0.2) is 5.65 Å². The Hall–Kier alpha value is -3.74. The van der Waals surface area contributed by atoms with Crippen LogP contribution in [0.1, 0.15) is 17.3 Å². The van der Waals surface area contributed by atoms with Crippen LogP contribution in [0.4, 0.5) is 24.7 Å². The lowest BCUT2D eigenvalue weighted by Crippen LogP contribution is -2.48. The number of halogens is 3. The SMILES string of the molecule is CCN1CCN(C(=O)c2cccc(Nc3ncnc4c3cnn4C)c2)CC1.O=C(O)C(F)(F)F. The molecule has 2 N–H and O–H groups in total. The Bertz CT molecular complexity index is 1160. The van der Waals surface area contributed by atoms with E-state index in [4.69, 9.17) is 9.90 Å². The molecule has 13 heteroatoms. The topological polar surface area (TPSA) is 116 Å². The third kappa shape index (κ3) is 5.98. The third-order valence-corrected chi connectivity index (χ3v) is 5.25. The van der Waals surface area contributed by atoms with Crippen molar-refractivity contribution in [2.24, 2.45) is 7.05 Å². The summed E-state index contributed by atoms with van der Waals surface area (Å²) in [7, 11) is 1.84. The maximum absolute atomic E-state index is 12.9. The molecule has 0 radical (unpaired) electrons. The maximum Gasteiger partial charge on any atom is 0.490 e. The summed E-state index contributed by atoms with van der Waals surface area (Å²) in [5, 5.41) is 15.5. The average molecular weight is 479 g/mol. The van der Waals surface area contributed by atoms with Crippen LogP contribution in [0.3, 0.4) is 0 Å². The highest BCUT2D eigenvalue weighted by molar-refractivity contribution is 5.96. The summed E-state index contributed by atoms with van der Waals surface area (Å²) in [4.78, 5) is 34.6. The first kappa shape index (κ1) is 24.9. The van der Waals surface area contributed by atoms with E-state index >= 15 is 0 Å². The van der Waals surface area contributed by atoms with Crippen molar-refractivity contribution < 1.29 is 27.9 Å². The molecule has 1 fully saturated rings. The zero-order valence-corrected chi connectivity index (χ0v) is 18.6. The number of carbonyl (C=O) groups is 2. The molecule has 34 heavy (non-hydrogen) atoms. The molecule has 1 amide bonds. The average Bonchev–Trinajstić information content (AvgIpc) is 3.20. The standard InChI is InChI=1S/C19H23N7O.C2HF3O2/c1-3-25-7-9-26(10-8-25)19(27)14-5-4-6-15(11-14)23-17-16-12-22-24(2)18(16)21-13-20-17;3-2(4,5)1(6)7/h4-6,11-13H,3,7-10H2,1-2H3,(H,20,21,23);(H,6,7). The van der Waals surface area contributed by atoms with Crippen LogP contribution < -0.4 is 5.32 Å². The molecule has 1 aromatic carbocycles. The maximum atomic E-state index is 12.9. The zero-order chi connectivity index (χ0) is 24.9. The highest BCUT2D eigenvalue weighted by Crippen LogP contribution is 2.23. The molecular weight excluding hydrogens is 455 g/mol. The molecule has 1 saturated heterocycles. The molecule has 0 saturated carbocycles. The van der Waals surface area contributed by atoms with Gasteiger partial charge in [-0.25, -0.2) is 14.8 Å². The van der Waals surface area contributed by atoms with Gasteiger partial charge in [0.05, 0.1) is 11.6 Å². The number of aromatic nitrogens is 4. The molecule has 182 valence electrons. The van der Waals surface area contributed by atoms with E-state index in [0.29, 0.717) is 11.4 Å². The first-order valence-electron chi connectivity index (χ1n) is 10.4. The minimum absolute atomic E-state index is 0.0728. The Morgan fingerprint density at radius 3 is 2.44 bits per heavy atom. The number of rotatable bonds is 4. The first-order valence-corrected chi connectivity index (χ1v) is 10.4. The van der Waals surface area contributed by atoms with E-state index in [-0.39, 0.29) is 5.91 Å². The number of fused-ring (bicyclic) bond motifs is 1. The van der Waals surface area contributed by atoms with Gasteiger partial charge in [0.2, 0.25) is 0 Å². The Kier molecular flexibility index (Phi) is 7.66. The van der Waals surface area contributed by atoms with Crippen LogP contribution in [0, 0.1) is 0 Å². The molecular formula is C21H24F3N7O3. The van der Waals surface area contributed by atoms with Crippen molar-refractivity contribution >= 4 is 34.4 Å². The molecule has 0 atom stereocenters. The number of carboxylic acid groups (broad SMARTS) is 1. The predicted molar refractivity (Wildman–Crippen MR) is 118 cm³/mol. The van der Waals surface area contributed by atoms with Gasteiger partial charge in [0.1, 0.15) is 12.1 Å². The summed E-state index contributed by atoms with van der Waals surface area (Å²) in [6.45, 7) is 6.58. The van der Waals surface area contributed by atoms with Gasteiger partial charge in [-0.3, -0.25) is 9.48 Å². The molecule has 0 aliphatic carbocycles. The minimum Gasteiger partial charge on any atom is -0.475 e. The fraction of sp³-hybridized carbons (Fsp3) is 0.381. The lowest BCUT2D eigenvalue weighted by molar-refractivity contribution is -0.192. The number of hydrogen-bond acceptors (Lipinski definition) is 7. The predicted octanol–water partition coefficient (Wildman–Crippen LogP) is 2.52. The molecule has 2 aromatic heterocycles. The van der Waals surface area contributed by atoms with Gasteiger partial charge in [0.25, 0.3) is 5.91 Å². The number of carboxylic acids is 1. The van der Waals surface area contributed by atoms with Gasteiger partial charge >= 0.3 is 12.1 Å². The van der Waals surface area contributed by atoms with E-state index < -0.39 is 12.1 Å². The third-order valence-electron chi connectivity index (χ3n) is 5.25. The molecule has 1 aliphatic heterocycles. The van der Waals surface area contributed by atoms with Crippen molar-refractivity contribution in [1.82, 2.24) is 29.5 Å². The number of piperazine rings is 1. The fourth-order valence-electron chi connectivity index (χ4n) is 3.38. The molecule has 4 rings (SSSR count). The molecule has 3 aromatic rings. The van der Waals surface area contributed by atoms with Gasteiger partial charge in [-0.05, 0) is 24.7 Å². The molecule has 3 heterocycles. The summed E-state index contributed by atoms with van der Waals surface area (Å²) in [5.41, 5.74) is 2.26. The van der Waals surface area contributed by atoms with Gasteiger partial charge in [-0.1, -0.05) is 13.0 Å². The van der Waals surface area contributed by atoms with Crippen molar-refractivity contribution in [3.63, 3.8) is 0 Å². The van der Waals surface area contributed by atoms with Gasteiger partial charge < -0.3 is 20.2 Å². The normalized spacial score (nSPS) is 14.4. The van der Waals surface area contributed by atoms with E-state index in [9.17, 15) is 18.0 Å². The number of carbonyl (C=O) groups excluding carboxylic acids is 1. The van der Waals surface area contributed by atoms with Gasteiger partial charge in [0, 0.05) is 44.5 Å². The van der Waals surface area contributed by atoms with E-state index in [0.717, 1.165) is 49.4 Å². The van der Waals surface area contributed by atoms with Gasteiger partial charge in [-0.2, -0.15) is 18.3 Å². The fourth-order valence-corrected chi connectivity index (χ4v) is 3.38. The second-order valence-electron chi connectivity index (χ2n) is 7.46. The van der Waals surface area contributed by atoms with Crippen LogP contribution in [0.2, 0.25) is 0 Å². The Balaban J connectivity index is 0.000000406. The van der Waals surface area contributed by atoms with E-state index in [2.05, 4.69) is 32.2 Å². The Morgan fingerprint density at radius 1 is 1.15 bits per heavy atom. The summed E-state index contributed by atoms with van der Waals surface area (Å²) in [6, 6.07) is 7.55. The molecule has 10 nitrogen and oxygen atoms in total. The highest BCUT2D eigenvalue weighted by Gasteiger charge is 2.38. The van der Waals surface area contributed by atoms with Crippen LogP contribution in [-0.4, -0.2) is 85.4 Å². The minimum atomic E-state index is -5.08. The zero-order valence-electron chi connectivity index (χ0n) is 18.6. The van der Waals surface area contributed by atoms with Crippen molar-refractivity contribution in [3.05, 3.63) is 42.4 Å². The van der Waals surface area contributed by atoms with E-state index in [1.807, 2.05) is 36.2 Å². The molecule has 0 unspecified atom stereocenters. The quantitative estimate of drug-likeness (QED) is 0.587. The molecule has 1 aliphatic rings. The number of nitrogens with zero attached hydrogens (tertiary/aromatic N) is 6. The Labute approximate surface area is 193 Å². The summed E-state index contributed by atoms with van der Waals surface area (Å²) in [5.74, 6) is -2.01. The second kappa shape index (κ2) is 10.5. The summed E-state index contributed by atoms with van der Waals surface area (Å²) in [6.07, 6.45) is -1.84. The monoisotopic (exact) mass is 479 g/mol. The van der Waals surface area contributed by atoms with Crippen molar-refractivity contribution in [1.29, 1.82) is 0 Å². The number of nitrogens with one attached hydrogen (secondary N) is 1. The lowest BCUT2D eigenvalue weighted by Gasteiger charge is -2.34. The van der Waals surface area contributed by atoms with Crippen LogP contribution in [-0.2, 0) is 11.8 Å². The second-order valence-corrected chi connectivity index (χ2v) is 7.46. The van der Waals surface area contributed by atoms with Crippen LogP contribution >= 0.6 is 0 Å². The number of benzene rings is 1. The number of amides is 1. The Morgan fingerprint density at radius 2 is 1.82 bits per heavy atom. The largest absolute Gasteiger partial charge is 0.490 e. The van der Waals surface area contributed by atoms with E-state index in [1.165, 1.54) is 6.33 Å².